The van der Waals surface area contributed by atoms with E-state index in [-0.39, 0.29) is 11.5 Å². The third-order valence-corrected chi connectivity index (χ3v) is 2.35. The van der Waals surface area contributed by atoms with Crippen LogP contribution in [0.2, 0.25) is 0 Å². The Bertz CT molecular complexity index is 443. The SMILES string of the molecule is COCCn1cc(NC(=O)C(C)Cl)ccc1=O. The van der Waals surface area contributed by atoms with Crippen LogP contribution < -0.4 is 10.9 Å². The second kappa shape index (κ2) is 6.42. The quantitative estimate of drug-likeness (QED) is 0.804. The average Bonchev–Trinajstić information content (AvgIpc) is 2.29. The van der Waals surface area contributed by atoms with Crippen molar-refractivity contribution in [3.05, 3.63) is 28.7 Å². The van der Waals surface area contributed by atoms with Crippen molar-refractivity contribution in [2.45, 2.75) is 18.8 Å². The van der Waals surface area contributed by atoms with Gasteiger partial charge in [-0.3, -0.25) is 9.59 Å². The lowest BCUT2D eigenvalue weighted by atomic mass is 10.3. The van der Waals surface area contributed by atoms with Gasteiger partial charge in [0.1, 0.15) is 5.38 Å². The van der Waals surface area contributed by atoms with Gasteiger partial charge in [-0.2, -0.15) is 0 Å². The molecule has 0 spiro atoms. The maximum absolute atomic E-state index is 11.5. The summed E-state index contributed by atoms with van der Waals surface area (Å²) in [6.45, 7) is 2.45. The number of methoxy groups -OCH3 is 1. The minimum atomic E-state index is -0.616. The molecule has 0 radical (unpaired) electrons. The number of aromatic nitrogens is 1. The molecule has 1 heterocycles. The first kappa shape index (κ1) is 13.7. The van der Waals surface area contributed by atoms with E-state index in [9.17, 15) is 9.59 Å². The predicted molar refractivity (Wildman–Crippen MR) is 66.5 cm³/mol. The highest BCUT2D eigenvalue weighted by molar-refractivity contribution is 6.32. The number of rotatable bonds is 5. The fourth-order valence-electron chi connectivity index (χ4n) is 1.21. The molecule has 0 aliphatic heterocycles. The number of nitrogens with one attached hydrogen (secondary N) is 1. The van der Waals surface area contributed by atoms with Gasteiger partial charge in [0.2, 0.25) is 5.91 Å². The van der Waals surface area contributed by atoms with Crippen LogP contribution in [0.1, 0.15) is 6.92 Å². The zero-order valence-electron chi connectivity index (χ0n) is 9.77. The monoisotopic (exact) mass is 258 g/mol. The van der Waals surface area contributed by atoms with E-state index in [0.29, 0.717) is 18.8 Å². The van der Waals surface area contributed by atoms with E-state index in [1.165, 1.54) is 10.6 Å². The van der Waals surface area contributed by atoms with E-state index in [2.05, 4.69) is 5.32 Å². The van der Waals surface area contributed by atoms with Crippen LogP contribution in [0.25, 0.3) is 0 Å². The molecule has 0 bridgehead atoms. The van der Waals surface area contributed by atoms with Gasteiger partial charge in [0.25, 0.3) is 5.56 Å². The Hall–Kier alpha value is -1.33. The van der Waals surface area contributed by atoms with E-state index in [1.807, 2.05) is 0 Å². The first-order chi connectivity index (χ1) is 8.04. The number of halogens is 1. The van der Waals surface area contributed by atoms with Gasteiger partial charge in [-0.25, -0.2) is 0 Å². The van der Waals surface area contributed by atoms with Gasteiger partial charge >= 0.3 is 0 Å². The molecule has 6 heteroatoms. The van der Waals surface area contributed by atoms with Crippen molar-refractivity contribution in [3.63, 3.8) is 0 Å². The van der Waals surface area contributed by atoms with Gasteiger partial charge < -0.3 is 14.6 Å². The van der Waals surface area contributed by atoms with E-state index < -0.39 is 5.38 Å². The standard InChI is InChI=1S/C11H15ClN2O3/c1-8(12)11(16)13-9-3-4-10(15)14(7-9)5-6-17-2/h3-4,7-8H,5-6H2,1-2H3,(H,13,16). The van der Waals surface area contributed by atoms with Crippen LogP contribution in [-0.4, -0.2) is 29.6 Å². The summed E-state index contributed by atoms with van der Waals surface area (Å²) in [6, 6.07) is 2.94. The Balaban J connectivity index is 2.81. The molecule has 1 N–H and O–H groups in total. The highest BCUT2D eigenvalue weighted by Crippen LogP contribution is 2.06. The van der Waals surface area contributed by atoms with Crippen LogP contribution >= 0.6 is 11.6 Å². The molecule has 0 aromatic carbocycles. The van der Waals surface area contributed by atoms with E-state index in [1.54, 1.807) is 26.3 Å². The van der Waals surface area contributed by atoms with Crippen LogP contribution in [0, 0.1) is 0 Å². The van der Waals surface area contributed by atoms with Gasteiger partial charge in [-0.15, -0.1) is 11.6 Å². The second-order valence-corrected chi connectivity index (χ2v) is 4.20. The van der Waals surface area contributed by atoms with Crippen molar-refractivity contribution in [3.8, 4) is 0 Å². The lowest BCUT2D eigenvalue weighted by molar-refractivity contribution is -0.115. The topological polar surface area (TPSA) is 60.3 Å². The first-order valence-electron chi connectivity index (χ1n) is 5.19. The number of carbonyl (C=O) groups excluding carboxylic acids is 1. The Labute approximate surface area is 104 Å². The molecule has 1 rings (SSSR count). The fourth-order valence-corrected chi connectivity index (χ4v) is 1.27. The van der Waals surface area contributed by atoms with Crippen LogP contribution in [-0.2, 0) is 16.1 Å². The lowest BCUT2D eigenvalue weighted by Gasteiger charge is -2.09. The summed E-state index contributed by atoms with van der Waals surface area (Å²) in [4.78, 5) is 22.8. The van der Waals surface area contributed by atoms with Gasteiger partial charge in [-0.05, 0) is 13.0 Å². The Morgan fingerprint density at radius 3 is 2.88 bits per heavy atom. The minimum Gasteiger partial charge on any atom is -0.383 e. The molecule has 0 aliphatic rings. The number of amides is 1. The largest absolute Gasteiger partial charge is 0.383 e. The number of hydrogen-bond acceptors (Lipinski definition) is 3. The van der Waals surface area contributed by atoms with E-state index >= 15 is 0 Å². The van der Waals surface area contributed by atoms with Gasteiger partial charge in [0.05, 0.1) is 12.3 Å². The van der Waals surface area contributed by atoms with Crippen molar-refractivity contribution >= 4 is 23.2 Å². The smallest absolute Gasteiger partial charge is 0.250 e. The maximum atomic E-state index is 11.5. The van der Waals surface area contributed by atoms with Crippen LogP contribution in [0.5, 0.6) is 0 Å². The van der Waals surface area contributed by atoms with Gasteiger partial charge in [0, 0.05) is 25.9 Å². The number of alkyl halides is 1. The zero-order valence-corrected chi connectivity index (χ0v) is 10.5. The maximum Gasteiger partial charge on any atom is 0.250 e. The highest BCUT2D eigenvalue weighted by atomic mass is 35.5. The van der Waals surface area contributed by atoms with Crippen LogP contribution in [0.15, 0.2) is 23.1 Å². The minimum absolute atomic E-state index is 0.140. The summed E-state index contributed by atoms with van der Waals surface area (Å²) in [5.74, 6) is -0.302. The molecule has 1 amide bonds. The molecular formula is C11H15ClN2O3. The molecule has 0 saturated carbocycles. The molecule has 0 aliphatic carbocycles. The number of carbonyl (C=O) groups is 1. The van der Waals surface area contributed by atoms with Gasteiger partial charge in [0.15, 0.2) is 0 Å². The molecule has 5 nitrogen and oxygen atoms in total. The van der Waals surface area contributed by atoms with Crippen molar-refractivity contribution in [1.82, 2.24) is 4.57 Å². The molecule has 1 aromatic heterocycles. The number of anilines is 1. The van der Waals surface area contributed by atoms with Crippen molar-refractivity contribution in [2.24, 2.45) is 0 Å². The van der Waals surface area contributed by atoms with Crippen LogP contribution in [0.4, 0.5) is 5.69 Å². The molecular weight excluding hydrogens is 244 g/mol. The van der Waals surface area contributed by atoms with Gasteiger partial charge in [-0.1, -0.05) is 0 Å². The molecule has 94 valence electrons. The zero-order chi connectivity index (χ0) is 12.8. The molecule has 0 fully saturated rings. The summed E-state index contributed by atoms with van der Waals surface area (Å²) in [5, 5.41) is 2.00. The number of nitrogens with zero attached hydrogens (tertiary/aromatic N) is 1. The number of hydrogen-bond donors (Lipinski definition) is 1. The third-order valence-electron chi connectivity index (χ3n) is 2.15. The third kappa shape index (κ3) is 4.20. The number of pyridine rings is 1. The summed E-state index contributed by atoms with van der Waals surface area (Å²) in [6.07, 6.45) is 1.57. The summed E-state index contributed by atoms with van der Waals surface area (Å²) in [5.41, 5.74) is 0.400. The van der Waals surface area contributed by atoms with Crippen molar-refractivity contribution < 1.29 is 9.53 Å². The highest BCUT2D eigenvalue weighted by Gasteiger charge is 2.09. The summed E-state index contributed by atoms with van der Waals surface area (Å²) >= 11 is 5.63. The Morgan fingerprint density at radius 1 is 1.59 bits per heavy atom. The molecule has 1 unspecified atom stereocenters. The second-order valence-electron chi connectivity index (χ2n) is 3.55. The fraction of sp³-hybridized carbons (Fsp3) is 0.455. The summed E-state index contributed by atoms with van der Waals surface area (Å²) in [7, 11) is 1.56. The Kier molecular flexibility index (Phi) is 5.18. The van der Waals surface area contributed by atoms with E-state index in [0.717, 1.165) is 0 Å². The summed E-state index contributed by atoms with van der Waals surface area (Å²) < 4.78 is 6.36. The number of ether oxygens (including phenoxy) is 1. The average molecular weight is 259 g/mol. The van der Waals surface area contributed by atoms with E-state index in [4.69, 9.17) is 16.3 Å². The van der Waals surface area contributed by atoms with Crippen LogP contribution in [0.3, 0.4) is 0 Å². The molecule has 17 heavy (non-hydrogen) atoms. The molecule has 0 saturated heterocycles. The normalized spacial score (nSPS) is 12.2. The predicted octanol–water partition coefficient (Wildman–Crippen LogP) is 1.06. The Morgan fingerprint density at radius 2 is 2.29 bits per heavy atom. The lowest BCUT2D eigenvalue weighted by Crippen LogP contribution is -2.24. The first-order valence-corrected chi connectivity index (χ1v) is 5.62. The van der Waals surface area contributed by atoms with Crippen molar-refractivity contribution in [1.29, 1.82) is 0 Å². The molecule has 1 aromatic rings. The molecule has 1 atom stereocenters. The van der Waals surface area contributed by atoms with Crippen molar-refractivity contribution in [2.75, 3.05) is 19.0 Å².